The first kappa shape index (κ1) is 43.7. The molecule has 0 bridgehead atoms. The average molecular weight is 857 g/mol. The van der Waals surface area contributed by atoms with Gasteiger partial charge in [-0.25, -0.2) is 26.3 Å². The third-order valence-corrected chi connectivity index (χ3v) is 9.43. The predicted molar refractivity (Wildman–Crippen MR) is 202 cm³/mol. The molecule has 0 saturated heterocycles. The van der Waals surface area contributed by atoms with Crippen LogP contribution in [0.1, 0.15) is 56.0 Å². The van der Waals surface area contributed by atoms with E-state index in [4.69, 9.17) is 14.2 Å². The topological polar surface area (TPSA) is 27.7 Å². The van der Waals surface area contributed by atoms with Crippen LogP contribution in [0, 0.1) is 69.8 Å². The van der Waals surface area contributed by atoms with Crippen molar-refractivity contribution in [3.8, 4) is 17.2 Å². The summed E-state index contributed by atoms with van der Waals surface area (Å²) in [6.07, 6.45) is 4.35. The van der Waals surface area contributed by atoms with Gasteiger partial charge in [-0.05, 0) is 33.4 Å². The molecule has 0 heterocycles. The first-order chi connectivity index (χ1) is 29.1. The van der Waals surface area contributed by atoms with E-state index in [2.05, 4.69) is 19.7 Å². The van der Waals surface area contributed by atoms with Crippen LogP contribution in [0.5, 0.6) is 17.2 Å². The van der Waals surface area contributed by atoms with Crippen LogP contribution in [-0.4, -0.2) is 0 Å². The number of ether oxygens (including phenoxy) is 3. The molecule has 0 aliphatic rings. The molecule has 0 spiro atoms. The molecule has 0 saturated carbocycles. The first-order valence-corrected chi connectivity index (χ1v) is 17.7. The maximum Gasteiger partial charge on any atom is 0.204 e. The second-order valence-corrected chi connectivity index (χ2v) is 13.1. The van der Waals surface area contributed by atoms with Crippen molar-refractivity contribution in [3.63, 3.8) is 0 Å². The van der Waals surface area contributed by atoms with E-state index in [0.29, 0.717) is 16.7 Å². The van der Waals surface area contributed by atoms with Crippen molar-refractivity contribution < 1.29 is 66.9 Å². The highest BCUT2D eigenvalue weighted by atomic mass is 19.2. The molecule has 0 N–H and O–H groups in total. The molecule has 0 fully saturated rings. The molecular formula is C46H28F12O3. The van der Waals surface area contributed by atoms with Crippen molar-refractivity contribution >= 4 is 18.2 Å². The zero-order valence-corrected chi connectivity index (χ0v) is 31.2. The van der Waals surface area contributed by atoms with Gasteiger partial charge in [-0.15, -0.1) is 0 Å². The van der Waals surface area contributed by atoms with E-state index >= 15 is 52.7 Å². The molecule has 0 aliphatic carbocycles. The summed E-state index contributed by atoms with van der Waals surface area (Å²) in [5, 5.41) is 0. The van der Waals surface area contributed by atoms with E-state index in [-0.39, 0.29) is 16.7 Å². The molecule has 0 unspecified atom stereocenters. The lowest BCUT2D eigenvalue weighted by molar-refractivity contribution is 0.255. The molecule has 6 aromatic carbocycles. The van der Waals surface area contributed by atoms with Gasteiger partial charge < -0.3 is 14.2 Å². The minimum Gasteiger partial charge on any atom is -0.483 e. The molecule has 0 amide bonds. The summed E-state index contributed by atoms with van der Waals surface area (Å²) in [5.74, 6) is -40.1. The van der Waals surface area contributed by atoms with Crippen molar-refractivity contribution in [2.24, 2.45) is 0 Å². The maximum absolute atomic E-state index is 16.2. The normalized spacial score (nSPS) is 11.2. The molecule has 15 heteroatoms. The minimum absolute atomic E-state index is 0.185. The lowest BCUT2D eigenvalue weighted by Crippen LogP contribution is -2.21. The van der Waals surface area contributed by atoms with Crippen LogP contribution in [0.15, 0.2) is 92.5 Å². The zero-order chi connectivity index (χ0) is 44.3. The molecule has 3 nitrogen and oxygen atoms in total. The molecule has 0 radical (unpaired) electrons. The highest BCUT2D eigenvalue weighted by molar-refractivity contribution is 5.53. The third kappa shape index (κ3) is 8.45. The summed E-state index contributed by atoms with van der Waals surface area (Å²) in [6.45, 7) is 8.39. The third-order valence-electron chi connectivity index (χ3n) is 9.43. The zero-order valence-electron chi connectivity index (χ0n) is 31.2. The Morgan fingerprint density at radius 2 is 0.525 bits per heavy atom. The first-order valence-electron chi connectivity index (χ1n) is 17.7. The fourth-order valence-electron chi connectivity index (χ4n) is 6.18. The monoisotopic (exact) mass is 856 g/mol. The largest absolute Gasteiger partial charge is 0.483 e. The number of benzene rings is 6. The summed E-state index contributed by atoms with van der Waals surface area (Å²) >= 11 is 0. The van der Waals surface area contributed by atoms with E-state index in [1.165, 1.54) is 91.0 Å². The van der Waals surface area contributed by atoms with Crippen LogP contribution in [0.4, 0.5) is 52.7 Å². The van der Waals surface area contributed by atoms with E-state index in [1.807, 2.05) is 0 Å². The molecular weight excluding hydrogens is 828 g/mol. The highest BCUT2D eigenvalue weighted by Gasteiger charge is 2.43. The lowest BCUT2D eigenvalue weighted by atomic mass is 9.82. The molecule has 0 aliphatic heterocycles. The van der Waals surface area contributed by atoms with Crippen molar-refractivity contribution in [2.75, 3.05) is 0 Å². The van der Waals surface area contributed by atoms with Crippen molar-refractivity contribution in [2.45, 2.75) is 25.7 Å². The Balaban J connectivity index is 1.52. The van der Waals surface area contributed by atoms with Crippen LogP contribution >= 0.6 is 0 Å². The Hall–Kier alpha value is -6.90. The molecule has 6 aromatic rings. The summed E-state index contributed by atoms with van der Waals surface area (Å²) < 4.78 is 206. The Labute approximate surface area is 340 Å². The summed E-state index contributed by atoms with van der Waals surface area (Å²) in [6, 6.07) is 17.2. The predicted octanol–water partition coefficient (Wildman–Crippen LogP) is 13.2. The van der Waals surface area contributed by atoms with Crippen molar-refractivity contribution in [1.82, 2.24) is 0 Å². The summed E-state index contributed by atoms with van der Waals surface area (Å²) in [7, 11) is 0. The van der Waals surface area contributed by atoms with Gasteiger partial charge in [0.15, 0.2) is 52.2 Å². The van der Waals surface area contributed by atoms with Gasteiger partial charge in [0.05, 0.1) is 5.92 Å². The van der Waals surface area contributed by atoms with Crippen LogP contribution in [0.25, 0.3) is 18.2 Å². The summed E-state index contributed by atoms with van der Waals surface area (Å²) in [4.78, 5) is 0. The Morgan fingerprint density at radius 3 is 0.705 bits per heavy atom. The number of hydrogen-bond donors (Lipinski definition) is 0. The van der Waals surface area contributed by atoms with Gasteiger partial charge >= 0.3 is 0 Å². The van der Waals surface area contributed by atoms with E-state index < -0.39 is 129 Å². The van der Waals surface area contributed by atoms with E-state index in [1.54, 1.807) is 0 Å². The SMILES string of the molecule is C=Cc1ccc(COc2c(F)c(F)c(C(c3c(F)c(F)c(OCc4ccc(C=C)cc4)c(F)c3F)c3c(F)c(F)c(OCc4ccc(C=C)cc4)c(F)c3F)c(F)c2F)cc1. The average Bonchev–Trinajstić information content (AvgIpc) is 3.27. The van der Waals surface area contributed by atoms with Crippen LogP contribution in [-0.2, 0) is 19.8 Å². The van der Waals surface area contributed by atoms with Crippen molar-refractivity contribution in [3.05, 3.63) is 212 Å². The molecule has 0 aromatic heterocycles. The minimum atomic E-state index is -3.75. The van der Waals surface area contributed by atoms with Gasteiger partial charge in [0.25, 0.3) is 0 Å². The van der Waals surface area contributed by atoms with Gasteiger partial charge in [-0.3, -0.25) is 0 Å². The molecule has 0 atom stereocenters. The Kier molecular flexibility index (Phi) is 13.0. The van der Waals surface area contributed by atoms with Gasteiger partial charge in [-0.2, -0.15) is 26.3 Å². The van der Waals surface area contributed by atoms with E-state index in [0.717, 1.165) is 0 Å². The van der Waals surface area contributed by atoms with Gasteiger partial charge in [-0.1, -0.05) is 111 Å². The van der Waals surface area contributed by atoms with Crippen LogP contribution < -0.4 is 14.2 Å². The number of hydrogen-bond acceptors (Lipinski definition) is 3. The smallest absolute Gasteiger partial charge is 0.204 e. The maximum atomic E-state index is 16.2. The van der Waals surface area contributed by atoms with Crippen molar-refractivity contribution in [1.29, 1.82) is 0 Å². The van der Waals surface area contributed by atoms with Gasteiger partial charge in [0.2, 0.25) is 34.9 Å². The summed E-state index contributed by atoms with van der Waals surface area (Å²) in [5.41, 5.74) is -4.77. The van der Waals surface area contributed by atoms with E-state index in [9.17, 15) is 0 Å². The molecule has 61 heavy (non-hydrogen) atoms. The Morgan fingerprint density at radius 1 is 0.328 bits per heavy atom. The Bertz CT molecular complexity index is 2280. The van der Waals surface area contributed by atoms with Crippen LogP contribution in [0.3, 0.4) is 0 Å². The lowest BCUT2D eigenvalue weighted by Gasteiger charge is -2.25. The fourth-order valence-corrected chi connectivity index (χ4v) is 6.18. The highest BCUT2D eigenvalue weighted by Crippen LogP contribution is 2.47. The van der Waals surface area contributed by atoms with Gasteiger partial charge in [0, 0.05) is 16.7 Å². The number of halogens is 12. The second-order valence-electron chi connectivity index (χ2n) is 13.1. The molecule has 6 rings (SSSR count). The fraction of sp³-hybridized carbons (Fsp3) is 0.0870. The van der Waals surface area contributed by atoms with Crippen LogP contribution in [0.2, 0.25) is 0 Å². The number of rotatable bonds is 15. The standard InChI is InChI=1S/C46H28F12O3/c1-4-22-7-13-25(14-8-22)19-59-44-38(53)32(47)29(33(48)39(44)54)28(30-34(49)40(55)45(41(56)35(30)50)60-20-26-15-9-23(5-2)10-16-26)31-36(51)42(57)46(43(58)37(31)52)61-21-27-17-11-24(6-3)12-18-27/h4-18,28H,1-3,19-21H2. The quantitative estimate of drug-likeness (QED) is 0.0585. The molecule has 314 valence electrons. The van der Waals surface area contributed by atoms with Gasteiger partial charge in [0.1, 0.15) is 19.8 Å². The second kappa shape index (κ2) is 18.2.